The molecule has 0 aromatic carbocycles. The van der Waals surface area contributed by atoms with Crippen LogP contribution in [0, 0.1) is 46.8 Å². The smallest absolute Gasteiger partial charge is 0.155 e. The van der Waals surface area contributed by atoms with Gasteiger partial charge in [-0.15, -0.1) is 6.58 Å². The minimum Gasteiger partial charge on any atom is -0.366 e. The van der Waals surface area contributed by atoms with Crippen LogP contribution in [-0.2, 0) is 9.53 Å². The maximum absolute atomic E-state index is 12.0. The molecule has 0 radical (unpaired) electrons. The van der Waals surface area contributed by atoms with E-state index in [1.54, 1.807) is 0 Å². The number of ketones is 1. The Balaban J connectivity index is 1.43. The maximum atomic E-state index is 12.0. The normalized spacial score (nSPS) is 56.4. The Kier molecular flexibility index (Phi) is 3.06. The third kappa shape index (κ3) is 1.71. The van der Waals surface area contributed by atoms with E-state index in [0.717, 1.165) is 55.5 Å². The molecule has 1 spiro atoms. The van der Waals surface area contributed by atoms with Crippen molar-refractivity contribution in [1.29, 1.82) is 0 Å². The number of hydrogen-bond donors (Lipinski definition) is 0. The molecule has 5 aliphatic carbocycles. The van der Waals surface area contributed by atoms with Gasteiger partial charge in [0.25, 0.3) is 0 Å². The van der Waals surface area contributed by atoms with Crippen LogP contribution < -0.4 is 0 Å². The quantitative estimate of drug-likeness (QED) is 0.640. The molecular weight excluding hydrogens is 320 g/mol. The highest BCUT2D eigenvalue weighted by Crippen LogP contribution is 2.78. The van der Waals surface area contributed by atoms with Gasteiger partial charge in [-0.05, 0) is 79.6 Å². The van der Waals surface area contributed by atoms with E-state index in [4.69, 9.17) is 4.74 Å². The minimum absolute atomic E-state index is 0.0255. The zero-order valence-corrected chi connectivity index (χ0v) is 15.8. The summed E-state index contributed by atoms with van der Waals surface area (Å²) in [6.45, 7) is 7.59. The molecule has 0 bridgehead atoms. The van der Waals surface area contributed by atoms with E-state index in [9.17, 15) is 4.79 Å². The molecule has 9 atom stereocenters. The molecule has 0 saturated heterocycles. The Bertz CT molecular complexity index is 747. The van der Waals surface area contributed by atoms with Crippen molar-refractivity contribution in [3.05, 3.63) is 36.5 Å². The lowest BCUT2D eigenvalue weighted by atomic mass is 9.47. The first kappa shape index (κ1) is 15.9. The molecular formula is C24H30O2. The Morgan fingerprint density at radius 2 is 2.19 bits per heavy atom. The highest BCUT2D eigenvalue weighted by atomic mass is 16.5. The van der Waals surface area contributed by atoms with Crippen LogP contribution >= 0.6 is 0 Å². The number of allylic oxidation sites excluding steroid dienone is 2. The van der Waals surface area contributed by atoms with Gasteiger partial charge in [0, 0.05) is 11.8 Å². The van der Waals surface area contributed by atoms with E-state index in [-0.39, 0.29) is 5.60 Å². The predicted molar refractivity (Wildman–Crippen MR) is 101 cm³/mol. The van der Waals surface area contributed by atoms with Crippen LogP contribution in [0.25, 0.3) is 0 Å². The number of rotatable bonds is 1. The average Bonchev–Trinajstić information content (AvgIpc) is 3.20. The Morgan fingerprint density at radius 1 is 1.31 bits per heavy atom. The van der Waals surface area contributed by atoms with Gasteiger partial charge in [-0.25, -0.2) is 0 Å². The molecule has 0 aromatic rings. The molecule has 0 amide bonds. The van der Waals surface area contributed by atoms with Crippen molar-refractivity contribution < 1.29 is 9.53 Å². The van der Waals surface area contributed by atoms with Crippen LogP contribution in [0.4, 0.5) is 0 Å². The van der Waals surface area contributed by atoms with Gasteiger partial charge in [0.05, 0.1) is 12.2 Å². The lowest BCUT2D eigenvalue weighted by Gasteiger charge is -2.59. The molecule has 0 aromatic heterocycles. The van der Waals surface area contributed by atoms with Crippen molar-refractivity contribution in [2.24, 2.45) is 46.8 Å². The highest BCUT2D eigenvalue weighted by molar-refractivity contribution is 5.91. The van der Waals surface area contributed by atoms with Gasteiger partial charge in [0.2, 0.25) is 0 Å². The molecule has 0 N–H and O–H groups in total. The molecule has 4 saturated carbocycles. The van der Waals surface area contributed by atoms with E-state index in [1.807, 2.05) is 6.08 Å². The molecule has 1 aliphatic heterocycles. The fourth-order valence-electron chi connectivity index (χ4n) is 8.57. The number of hydrogen-bond acceptors (Lipinski definition) is 2. The summed E-state index contributed by atoms with van der Waals surface area (Å²) in [6.07, 6.45) is 15.9. The molecule has 2 nitrogen and oxygen atoms in total. The van der Waals surface area contributed by atoms with Crippen LogP contribution in [0.2, 0.25) is 0 Å². The minimum atomic E-state index is 0.0255. The third-order valence-electron chi connectivity index (χ3n) is 9.48. The van der Waals surface area contributed by atoms with Crippen LogP contribution in [0.3, 0.4) is 0 Å². The van der Waals surface area contributed by atoms with E-state index >= 15 is 0 Å². The zero-order valence-electron chi connectivity index (χ0n) is 15.8. The van der Waals surface area contributed by atoms with E-state index in [0.29, 0.717) is 23.0 Å². The largest absolute Gasteiger partial charge is 0.366 e. The molecule has 6 aliphatic rings. The predicted octanol–water partition coefficient (Wildman–Crippen LogP) is 4.72. The van der Waals surface area contributed by atoms with E-state index < -0.39 is 0 Å². The van der Waals surface area contributed by atoms with E-state index in [2.05, 4.69) is 31.7 Å². The van der Waals surface area contributed by atoms with Gasteiger partial charge in [0.1, 0.15) is 0 Å². The topological polar surface area (TPSA) is 26.3 Å². The Hall–Kier alpha value is -1.15. The van der Waals surface area contributed by atoms with Gasteiger partial charge < -0.3 is 4.74 Å². The first-order valence-corrected chi connectivity index (χ1v) is 10.8. The molecule has 0 unspecified atom stereocenters. The Labute approximate surface area is 156 Å². The SMILES string of the molecule is C=C[C@@H]1CC2=CC(=O)CC[C@@H]2[C@H]2CC[C@@]3(C)[C@@H]([C@H]4C[C@H]4[C@@]34C=CCO4)[C@@H]21. The second-order valence-electron chi connectivity index (χ2n) is 10.2. The summed E-state index contributed by atoms with van der Waals surface area (Å²) in [5.41, 5.74) is 1.77. The summed E-state index contributed by atoms with van der Waals surface area (Å²) < 4.78 is 6.50. The van der Waals surface area contributed by atoms with Crippen molar-refractivity contribution in [2.45, 2.75) is 51.0 Å². The lowest BCUT2D eigenvalue weighted by molar-refractivity contribution is -0.137. The summed E-state index contributed by atoms with van der Waals surface area (Å²) in [7, 11) is 0. The monoisotopic (exact) mass is 350 g/mol. The number of ether oxygens (including phenoxy) is 1. The first-order valence-electron chi connectivity index (χ1n) is 10.8. The summed E-state index contributed by atoms with van der Waals surface area (Å²) in [6, 6.07) is 0. The number of carbonyl (C=O) groups excluding carboxylic acids is 1. The summed E-state index contributed by atoms with van der Waals surface area (Å²) in [5.74, 6) is 5.44. The summed E-state index contributed by atoms with van der Waals surface area (Å²) >= 11 is 0. The lowest BCUT2D eigenvalue weighted by Crippen LogP contribution is -2.56. The molecule has 6 rings (SSSR count). The van der Waals surface area contributed by atoms with Crippen molar-refractivity contribution in [2.75, 3.05) is 6.61 Å². The average molecular weight is 351 g/mol. The second kappa shape index (κ2) is 5.01. The van der Waals surface area contributed by atoms with Gasteiger partial charge >= 0.3 is 0 Å². The number of fused-ring (bicyclic) bond motifs is 9. The molecule has 26 heavy (non-hydrogen) atoms. The molecule has 1 heterocycles. The summed E-state index contributed by atoms with van der Waals surface area (Å²) in [4.78, 5) is 12.0. The Morgan fingerprint density at radius 3 is 2.96 bits per heavy atom. The fourth-order valence-corrected chi connectivity index (χ4v) is 8.57. The van der Waals surface area contributed by atoms with Crippen molar-refractivity contribution in [3.63, 3.8) is 0 Å². The highest BCUT2D eigenvalue weighted by Gasteiger charge is 2.76. The maximum Gasteiger partial charge on any atom is 0.155 e. The van der Waals surface area contributed by atoms with Gasteiger partial charge in [-0.3, -0.25) is 4.79 Å². The zero-order chi connectivity index (χ0) is 17.7. The van der Waals surface area contributed by atoms with Crippen molar-refractivity contribution >= 4 is 5.78 Å². The van der Waals surface area contributed by atoms with Gasteiger partial charge in [0.15, 0.2) is 5.78 Å². The van der Waals surface area contributed by atoms with Crippen LogP contribution in [0.5, 0.6) is 0 Å². The van der Waals surface area contributed by atoms with Crippen molar-refractivity contribution in [3.8, 4) is 0 Å². The molecule has 4 fully saturated rings. The van der Waals surface area contributed by atoms with Gasteiger partial charge in [-0.2, -0.15) is 0 Å². The fraction of sp³-hybridized carbons (Fsp3) is 0.708. The third-order valence-corrected chi connectivity index (χ3v) is 9.48. The number of carbonyl (C=O) groups is 1. The van der Waals surface area contributed by atoms with Crippen LogP contribution in [0.1, 0.15) is 45.4 Å². The van der Waals surface area contributed by atoms with Gasteiger partial charge in [-0.1, -0.05) is 30.7 Å². The first-order chi connectivity index (χ1) is 12.6. The van der Waals surface area contributed by atoms with E-state index in [1.165, 1.54) is 24.8 Å². The standard InChI is InChI=1S/C24H30O2/c1-3-14-11-15-12-16(25)5-6-17(15)18-7-9-23(2)22(21(14)18)19-13-20(19)24(23)8-4-10-26-24/h3-4,8,12,14,17-22H,1,5-7,9-11,13H2,2H3/t14-,17+,18-,19+,20-,21-,22+,23+,24+/m1/s1. The van der Waals surface area contributed by atoms with Crippen molar-refractivity contribution in [1.82, 2.24) is 0 Å². The summed E-state index contributed by atoms with van der Waals surface area (Å²) in [5, 5.41) is 0. The second-order valence-corrected chi connectivity index (χ2v) is 10.2. The molecule has 138 valence electrons. The molecule has 2 heteroatoms. The van der Waals surface area contributed by atoms with Crippen LogP contribution in [-0.4, -0.2) is 18.0 Å². The van der Waals surface area contributed by atoms with Crippen LogP contribution in [0.15, 0.2) is 36.5 Å².